The van der Waals surface area contributed by atoms with E-state index in [1.54, 1.807) is 0 Å². The summed E-state index contributed by atoms with van der Waals surface area (Å²) in [6.07, 6.45) is 8.25. The predicted octanol–water partition coefficient (Wildman–Crippen LogP) is 3.69. The maximum atomic E-state index is 5.95. The molecule has 1 aromatic rings. The minimum absolute atomic E-state index is 0.680. The Morgan fingerprint density at radius 1 is 1.24 bits per heavy atom. The van der Waals surface area contributed by atoms with Crippen molar-refractivity contribution in [3.05, 3.63) is 35.4 Å². The van der Waals surface area contributed by atoms with Crippen LogP contribution in [-0.2, 0) is 6.42 Å². The fraction of sp³-hybridized carbons (Fsp3) is 0.625. The third kappa shape index (κ3) is 3.57. The van der Waals surface area contributed by atoms with E-state index in [9.17, 15) is 0 Å². The Morgan fingerprint density at radius 2 is 1.94 bits per heavy atom. The van der Waals surface area contributed by atoms with Crippen LogP contribution in [0, 0.1) is 18.8 Å². The first kappa shape index (κ1) is 12.6. The van der Waals surface area contributed by atoms with Gasteiger partial charge in [0, 0.05) is 0 Å². The molecule has 1 aromatic carbocycles. The molecule has 0 aromatic heterocycles. The fourth-order valence-corrected chi connectivity index (χ4v) is 3.13. The molecule has 0 bridgehead atoms. The van der Waals surface area contributed by atoms with E-state index in [1.807, 2.05) is 0 Å². The van der Waals surface area contributed by atoms with Crippen LogP contribution in [0.3, 0.4) is 0 Å². The van der Waals surface area contributed by atoms with Crippen LogP contribution in [-0.4, -0.2) is 6.54 Å². The molecule has 1 atom stereocenters. The Morgan fingerprint density at radius 3 is 2.59 bits per heavy atom. The smallest absolute Gasteiger partial charge is 0.00456 e. The molecular weight excluding hydrogens is 206 g/mol. The Balaban J connectivity index is 1.92. The number of nitrogens with two attached hydrogens (primary N) is 1. The Bertz CT molecular complexity index is 339. The number of rotatable bonds is 5. The minimum atomic E-state index is 0.680. The number of benzene rings is 1. The van der Waals surface area contributed by atoms with Crippen LogP contribution >= 0.6 is 0 Å². The van der Waals surface area contributed by atoms with E-state index in [0.29, 0.717) is 5.92 Å². The molecule has 94 valence electrons. The van der Waals surface area contributed by atoms with Crippen molar-refractivity contribution >= 4 is 0 Å². The SMILES string of the molecule is Cc1ccccc1CC(CN)CC1CCCC1. The summed E-state index contributed by atoms with van der Waals surface area (Å²) in [5.74, 6) is 1.63. The molecule has 1 unspecified atom stereocenters. The van der Waals surface area contributed by atoms with E-state index in [2.05, 4.69) is 31.2 Å². The lowest BCUT2D eigenvalue weighted by molar-refractivity contribution is 0.379. The second kappa shape index (κ2) is 6.20. The van der Waals surface area contributed by atoms with Gasteiger partial charge in [0.1, 0.15) is 0 Å². The van der Waals surface area contributed by atoms with Gasteiger partial charge in [-0.05, 0) is 49.3 Å². The minimum Gasteiger partial charge on any atom is -0.330 e. The van der Waals surface area contributed by atoms with Crippen molar-refractivity contribution in [1.29, 1.82) is 0 Å². The summed E-state index contributed by atoms with van der Waals surface area (Å²) in [5, 5.41) is 0. The van der Waals surface area contributed by atoms with Crippen LogP contribution in [0.15, 0.2) is 24.3 Å². The third-order valence-electron chi connectivity index (χ3n) is 4.24. The van der Waals surface area contributed by atoms with Gasteiger partial charge in [-0.15, -0.1) is 0 Å². The van der Waals surface area contributed by atoms with Crippen LogP contribution in [0.5, 0.6) is 0 Å². The van der Waals surface area contributed by atoms with Gasteiger partial charge in [0.2, 0.25) is 0 Å². The predicted molar refractivity (Wildman–Crippen MR) is 74.0 cm³/mol. The molecule has 0 saturated heterocycles. The lowest BCUT2D eigenvalue weighted by Crippen LogP contribution is -2.20. The number of hydrogen-bond acceptors (Lipinski definition) is 1. The maximum absolute atomic E-state index is 5.95. The van der Waals surface area contributed by atoms with Crippen LogP contribution < -0.4 is 5.73 Å². The zero-order valence-corrected chi connectivity index (χ0v) is 11.0. The highest BCUT2D eigenvalue weighted by Crippen LogP contribution is 2.31. The van der Waals surface area contributed by atoms with E-state index in [-0.39, 0.29) is 0 Å². The highest BCUT2D eigenvalue weighted by molar-refractivity contribution is 5.25. The average Bonchev–Trinajstić information content (AvgIpc) is 2.84. The summed E-state index contributed by atoms with van der Waals surface area (Å²) in [5.41, 5.74) is 8.85. The standard InChI is InChI=1S/C16H25N/c1-13-6-2-5-9-16(13)11-15(12-17)10-14-7-3-4-8-14/h2,5-6,9,14-15H,3-4,7-8,10-12,17H2,1H3. The first-order valence-electron chi connectivity index (χ1n) is 7.04. The van der Waals surface area contributed by atoms with Crippen molar-refractivity contribution in [2.45, 2.75) is 45.4 Å². The van der Waals surface area contributed by atoms with Crippen LogP contribution in [0.25, 0.3) is 0 Å². The third-order valence-corrected chi connectivity index (χ3v) is 4.24. The number of aryl methyl sites for hydroxylation is 1. The van der Waals surface area contributed by atoms with Crippen molar-refractivity contribution in [2.75, 3.05) is 6.54 Å². The van der Waals surface area contributed by atoms with E-state index in [0.717, 1.165) is 12.5 Å². The van der Waals surface area contributed by atoms with E-state index in [1.165, 1.54) is 49.7 Å². The molecular formula is C16H25N. The molecule has 2 N–H and O–H groups in total. The van der Waals surface area contributed by atoms with E-state index >= 15 is 0 Å². The Hall–Kier alpha value is -0.820. The van der Waals surface area contributed by atoms with Gasteiger partial charge in [0.25, 0.3) is 0 Å². The summed E-state index contributed by atoms with van der Waals surface area (Å²) >= 11 is 0. The second-order valence-electron chi connectivity index (χ2n) is 5.62. The monoisotopic (exact) mass is 231 g/mol. The number of hydrogen-bond donors (Lipinski definition) is 1. The van der Waals surface area contributed by atoms with Crippen LogP contribution in [0.2, 0.25) is 0 Å². The van der Waals surface area contributed by atoms with Crippen molar-refractivity contribution < 1.29 is 0 Å². The molecule has 0 heterocycles. The van der Waals surface area contributed by atoms with Crippen molar-refractivity contribution in [2.24, 2.45) is 17.6 Å². The normalized spacial score (nSPS) is 18.5. The summed E-state index contributed by atoms with van der Waals surface area (Å²) in [6, 6.07) is 8.73. The van der Waals surface area contributed by atoms with Crippen molar-refractivity contribution in [3.8, 4) is 0 Å². The van der Waals surface area contributed by atoms with Gasteiger partial charge in [0.15, 0.2) is 0 Å². The highest BCUT2D eigenvalue weighted by Gasteiger charge is 2.19. The molecule has 0 spiro atoms. The molecule has 1 aliphatic rings. The van der Waals surface area contributed by atoms with Gasteiger partial charge in [-0.2, -0.15) is 0 Å². The highest BCUT2D eigenvalue weighted by atomic mass is 14.5. The lowest BCUT2D eigenvalue weighted by Gasteiger charge is -2.19. The van der Waals surface area contributed by atoms with Gasteiger partial charge in [-0.1, -0.05) is 49.9 Å². The summed E-state index contributed by atoms with van der Waals surface area (Å²) in [6.45, 7) is 3.04. The fourth-order valence-electron chi connectivity index (χ4n) is 3.13. The Kier molecular flexibility index (Phi) is 4.61. The molecule has 17 heavy (non-hydrogen) atoms. The molecule has 0 radical (unpaired) electrons. The van der Waals surface area contributed by atoms with Gasteiger partial charge in [-0.3, -0.25) is 0 Å². The van der Waals surface area contributed by atoms with E-state index in [4.69, 9.17) is 5.73 Å². The molecule has 0 amide bonds. The van der Waals surface area contributed by atoms with Gasteiger partial charge < -0.3 is 5.73 Å². The van der Waals surface area contributed by atoms with Gasteiger partial charge in [-0.25, -0.2) is 0 Å². The van der Waals surface area contributed by atoms with Gasteiger partial charge >= 0.3 is 0 Å². The molecule has 1 nitrogen and oxygen atoms in total. The molecule has 0 aliphatic heterocycles. The van der Waals surface area contributed by atoms with Crippen molar-refractivity contribution in [3.63, 3.8) is 0 Å². The van der Waals surface area contributed by atoms with Gasteiger partial charge in [0.05, 0.1) is 0 Å². The van der Waals surface area contributed by atoms with Crippen LogP contribution in [0.4, 0.5) is 0 Å². The summed E-state index contributed by atoms with van der Waals surface area (Å²) < 4.78 is 0. The van der Waals surface area contributed by atoms with E-state index < -0.39 is 0 Å². The summed E-state index contributed by atoms with van der Waals surface area (Å²) in [7, 11) is 0. The lowest BCUT2D eigenvalue weighted by atomic mass is 9.87. The maximum Gasteiger partial charge on any atom is -0.00456 e. The van der Waals surface area contributed by atoms with Crippen molar-refractivity contribution in [1.82, 2.24) is 0 Å². The average molecular weight is 231 g/mol. The quantitative estimate of drug-likeness (QED) is 0.821. The summed E-state index contributed by atoms with van der Waals surface area (Å²) in [4.78, 5) is 0. The first-order valence-corrected chi connectivity index (χ1v) is 7.04. The first-order chi connectivity index (χ1) is 8.29. The second-order valence-corrected chi connectivity index (χ2v) is 5.62. The molecule has 1 heteroatoms. The largest absolute Gasteiger partial charge is 0.330 e. The molecule has 1 aliphatic carbocycles. The zero-order chi connectivity index (χ0) is 12.1. The molecule has 2 rings (SSSR count). The topological polar surface area (TPSA) is 26.0 Å². The molecule has 1 fully saturated rings. The Labute approximate surface area is 105 Å². The van der Waals surface area contributed by atoms with Crippen LogP contribution in [0.1, 0.15) is 43.2 Å². The zero-order valence-electron chi connectivity index (χ0n) is 11.0. The molecule has 1 saturated carbocycles.